The van der Waals surface area contributed by atoms with E-state index in [1.807, 2.05) is 5.38 Å². The molecule has 1 aliphatic rings. The van der Waals surface area contributed by atoms with Gasteiger partial charge in [0.2, 0.25) is 15.9 Å². The Morgan fingerprint density at radius 3 is 2.54 bits per heavy atom. The van der Waals surface area contributed by atoms with Crippen molar-refractivity contribution in [2.45, 2.75) is 30.1 Å². The van der Waals surface area contributed by atoms with Crippen molar-refractivity contribution < 1.29 is 17.9 Å². The average molecular weight is 424 g/mol. The Balaban J connectivity index is 1.83. The second-order valence-electron chi connectivity index (χ2n) is 7.03. The topological polar surface area (TPSA) is 88.6 Å². The lowest BCUT2D eigenvalue weighted by Gasteiger charge is -2.26. The number of hydrogen-bond acceptors (Lipinski definition) is 6. The second-order valence-corrected chi connectivity index (χ2v) is 10.1. The summed E-state index contributed by atoms with van der Waals surface area (Å²) in [5.41, 5.74) is 0.804. The lowest BCUT2D eigenvalue weighted by atomic mass is 9.84. The van der Waals surface area contributed by atoms with Gasteiger partial charge in [0.1, 0.15) is 0 Å². The molecular formula is C19H25N3O4S2. The summed E-state index contributed by atoms with van der Waals surface area (Å²) in [6.45, 7) is 1.43. The van der Waals surface area contributed by atoms with E-state index in [9.17, 15) is 13.2 Å². The fourth-order valence-electron chi connectivity index (χ4n) is 3.27. The molecule has 1 unspecified atom stereocenters. The average Bonchev–Trinajstić information content (AvgIpc) is 3.20. The third-order valence-corrected chi connectivity index (χ3v) is 7.47. The lowest BCUT2D eigenvalue weighted by Crippen LogP contribution is -2.26. The number of nitrogens with one attached hydrogen (secondary N) is 1. The minimum atomic E-state index is -3.50. The van der Waals surface area contributed by atoms with E-state index in [1.165, 1.54) is 29.7 Å². The van der Waals surface area contributed by atoms with Gasteiger partial charge in [-0.2, -0.15) is 0 Å². The zero-order valence-electron chi connectivity index (χ0n) is 16.0. The number of benzene rings is 1. The van der Waals surface area contributed by atoms with Crippen molar-refractivity contribution in [3.05, 3.63) is 41.4 Å². The smallest absolute Gasteiger partial charge is 0.242 e. The molecule has 28 heavy (non-hydrogen) atoms. The summed E-state index contributed by atoms with van der Waals surface area (Å²) in [7, 11) is -0.503. The Morgan fingerprint density at radius 1 is 1.29 bits per heavy atom. The molecule has 7 nitrogen and oxygen atoms in total. The molecule has 3 rings (SSSR count). The third kappa shape index (κ3) is 4.96. The number of anilines is 1. The maximum atomic E-state index is 13.0. The SMILES string of the molecule is CN(C)S(=O)(=O)c1ccc(C(CC2CCOCC2)C(=O)Nc2nccs2)cc1. The predicted octanol–water partition coefficient (Wildman–Crippen LogP) is 2.93. The molecule has 1 aromatic carbocycles. The molecule has 0 bridgehead atoms. The van der Waals surface area contributed by atoms with Crippen LogP contribution >= 0.6 is 11.3 Å². The van der Waals surface area contributed by atoms with Crippen LogP contribution in [0.2, 0.25) is 0 Å². The van der Waals surface area contributed by atoms with Crippen LogP contribution in [0.5, 0.6) is 0 Å². The van der Waals surface area contributed by atoms with Gasteiger partial charge in [0, 0.05) is 38.9 Å². The van der Waals surface area contributed by atoms with Crippen molar-refractivity contribution in [3.8, 4) is 0 Å². The summed E-state index contributed by atoms with van der Waals surface area (Å²) in [6, 6.07) is 6.61. The number of carbonyl (C=O) groups is 1. The fourth-order valence-corrected chi connectivity index (χ4v) is 4.70. The molecule has 1 atom stereocenters. The third-order valence-electron chi connectivity index (χ3n) is 4.95. The number of ether oxygens (including phenoxy) is 1. The molecule has 1 aliphatic heterocycles. The van der Waals surface area contributed by atoms with Gasteiger partial charge in [-0.1, -0.05) is 12.1 Å². The highest BCUT2D eigenvalue weighted by molar-refractivity contribution is 7.89. The van der Waals surface area contributed by atoms with Crippen LogP contribution in [0.1, 0.15) is 30.7 Å². The number of sulfonamides is 1. The number of carbonyl (C=O) groups excluding carboxylic acids is 1. The molecule has 1 fully saturated rings. The zero-order chi connectivity index (χ0) is 20.1. The standard InChI is InChI=1S/C19H25N3O4S2/c1-22(2)28(24,25)16-5-3-15(4-6-16)17(13-14-7-10-26-11-8-14)18(23)21-19-20-9-12-27-19/h3-6,9,12,14,17H,7-8,10-11,13H2,1-2H3,(H,20,21,23). The minimum Gasteiger partial charge on any atom is -0.381 e. The maximum absolute atomic E-state index is 13.0. The van der Waals surface area contributed by atoms with Gasteiger partial charge in [-0.05, 0) is 42.9 Å². The van der Waals surface area contributed by atoms with Crippen LogP contribution in [-0.2, 0) is 19.6 Å². The van der Waals surface area contributed by atoms with E-state index in [0.29, 0.717) is 30.7 Å². The highest BCUT2D eigenvalue weighted by Gasteiger charge is 2.27. The van der Waals surface area contributed by atoms with Gasteiger partial charge in [-0.15, -0.1) is 11.3 Å². The Labute approximate surface area is 169 Å². The molecule has 152 valence electrons. The van der Waals surface area contributed by atoms with E-state index < -0.39 is 10.0 Å². The van der Waals surface area contributed by atoms with Crippen LogP contribution in [0, 0.1) is 5.92 Å². The van der Waals surface area contributed by atoms with E-state index in [2.05, 4.69) is 10.3 Å². The van der Waals surface area contributed by atoms with Crippen LogP contribution < -0.4 is 5.32 Å². The van der Waals surface area contributed by atoms with Gasteiger partial charge in [0.05, 0.1) is 10.8 Å². The molecule has 1 N–H and O–H groups in total. The number of aromatic nitrogens is 1. The summed E-state index contributed by atoms with van der Waals surface area (Å²) in [5, 5.41) is 5.26. The number of nitrogens with zero attached hydrogens (tertiary/aromatic N) is 2. The van der Waals surface area contributed by atoms with E-state index in [-0.39, 0.29) is 16.7 Å². The van der Waals surface area contributed by atoms with Crippen LogP contribution in [0.15, 0.2) is 40.7 Å². The van der Waals surface area contributed by atoms with Crippen molar-refractivity contribution in [1.29, 1.82) is 0 Å². The number of hydrogen-bond donors (Lipinski definition) is 1. The normalized spacial score (nSPS) is 16.8. The fraction of sp³-hybridized carbons (Fsp3) is 0.474. The van der Waals surface area contributed by atoms with Crippen molar-refractivity contribution in [2.75, 3.05) is 32.6 Å². The molecule has 0 saturated carbocycles. The van der Waals surface area contributed by atoms with Crippen LogP contribution in [0.3, 0.4) is 0 Å². The van der Waals surface area contributed by atoms with Gasteiger partial charge in [-0.3, -0.25) is 4.79 Å². The molecule has 1 saturated heterocycles. The molecule has 1 aromatic heterocycles. The summed E-state index contributed by atoms with van der Waals surface area (Å²) in [5.74, 6) is -0.0984. The Morgan fingerprint density at radius 2 is 1.96 bits per heavy atom. The van der Waals surface area contributed by atoms with Gasteiger partial charge in [-0.25, -0.2) is 17.7 Å². The minimum absolute atomic E-state index is 0.121. The van der Waals surface area contributed by atoms with Gasteiger partial charge in [0.25, 0.3) is 0 Å². The quantitative estimate of drug-likeness (QED) is 0.740. The number of thiazole rings is 1. The number of rotatable bonds is 7. The van der Waals surface area contributed by atoms with Crippen LogP contribution in [0.25, 0.3) is 0 Å². The molecule has 9 heteroatoms. The van der Waals surface area contributed by atoms with Crippen LogP contribution in [0.4, 0.5) is 5.13 Å². The first-order chi connectivity index (χ1) is 13.4. The highest BCUT2D eigenvalue weighted by atomic mass is 32.2. The van der Waals surface area contributed by atoms with Crippen molar-refractivity contribution in [1.82, 2.24) is 9.29 Å². The first-order valence-corrected chi connectivity index (χ1v) is 11.5. The molecular weight excluding hydrogens is 398 g/mol. The first kappa shape index (κ1) is 20.9. The summed E-state index contributed by atoms with van der Waals surface area (Å²) in [4.78, 5) is 17.3. The maximum Gasteiger partial charge on any atom is 0.242 e. The van der Waals surface area contributed by atoms with Gasteiger partial charge >= 0.3 is 0 Å². The lowest BCUT2D eigenvalue weighted by molar-refractivity contribution is -0.118. The summed E-state index contributed by atoms with van der Waals surface area (Å²) >= 11 is 1.37. The summed E-state index contributed by atoms with van der Waals surface area (Å²) < 4.78 is 31.2. The largest absolute Gasteiger partial charge is 0.381 e. The number of amides is 1. The van der Waals surface area contributed by atoms with Gasteiger partial charge < -0.3 is 10.1 Å². The predicted molar refractivity (Wildman–Crippen MR) is 109 cm³/mol. The summed E-state index contributed by atoms with van der Waals surface area (Å²) in [6.07, 6.45) is 4.19. The Bertz CT molecular complexity index is 874. The van der Waals surface area contributed by atoms with Crippen LogP contribution in [-0.4, -0.2) is 50.9 Å². The van der Waals surface area contributed by atoms with E-state index in [0.717, 1.165) is 18.4 Å². The van der Waals surface area contributed by atoms with Crippen molar-refractivity contribution in [3.63, 3.8) is 0 Å². The van der Waals surface area contributed by atoms with E-state index in [1.54, 1.807) is 30.5 Å². The van der Waals surface area contributed by atoms with E-state index >= 15 is 0 Å². The Hall–Kier alpha value is -1.81. The molecule has 0 spiro atoms. The molecule has 0 aliphatic carbocycles. The van der Waals surface area contributed by atoms with Crippen molar-refractivity contribution in [2.24, 2.45) is 5.92 Å². The van der Waals surface area contributed by atoms with Crippen molar-refractivity contribution >= 4 is 32.4 Å². The molecule has 2 aromatic rings. The molecule has 2 heterocycles. The molecule has 0 radical (unpaired) electrons. The highest BCUT2D eigenvalue weighted by Crippen LogP contribution is 2.31. The van der Waals surface area contributed by atoms with E-state index in [4.69, 9.17) is 4.74 Å². The zero-order valence-corrected chi connectivity index (χ0v) is 17.6. The first-order valence-electron chi connectivity index (χ1n) is 9.18. The molecule has 1 amide bonds. The Kier molecular flexibility index (Phi) is 6.82. The monoisotopic (exact) mass is 423 g/mol. The second kappa shape index (κ2) is 9.13. The van der Waals surface area contributed by atoms with Gasteiger partial charge in [0.15, 0.2) is 5.13 Å².